The molecule has 0 amide bonds. The summed E-state index contributed by atoms with van der Waals surface area (Å²) in [6.45, 7) is 2.11. The molecule has 1 aliphatic carbocycles. The van der Waals surface area contributed by atoms with E-state index < -0.39 is 0 Å². The van der Waals surface area contributed by atoms with Crippen molar-refractivity contribution < 1.29 is 9.53 Å². The predicted molar refractivity (Wildman–Crippen MR) is 116 cm³/mol. The van der Waals surface area contributed by atoms with Crippen molar-refractivity contribution >= 4 is 16.9 Å². The van der Waals surface area contributed by atoms with Gasteiger partial charge in [-0.25, -0.2) is 4.79 Å². The number of para-hydroxylation sites is 1. The highest BCUT2D eigenvalue weighted by Crippen LogP contribution is 2.35. The van der Waals surface area contributed by atoms with Crippen LogP contribution in [0.2, 0.25) is 0 Å². The van der Waals surface area contributed by atoms with E-state index in [0.29, 0.717) is 5.56 Å². The number of aromatic amines is 1. The van der Waals surface area contributed by atoms with Crippen LogP contribution in [0.3, 0.4) is 0 Å². The van der Waals surface area contributed by atoms with E-state index >= 15 is 0 Å². The van der Waals surface area contributed by atoms with Crippen molar-refractivity contribution in [2.24, 2.45) is 0 Å². The Morgan fingerprint density at radius 2 is 1.76 bits per heavy atom. The van der Waals surface area contributed by atoms with Gasteiger partial charge in [0, 0.05) is 23.1 Å². The van der Waals surface area contributed by atoms with Crippen LogP contribution >= 0.6 is 0 Å². The SMILES string of the molecule is Cc1ccc(-c2cccc3c4c([nH]c23)CCC(OC(=O)c2ccccc2)C4)cc1. The van der Waals surface area contributed by atoms with Crippen LogP contribution in [0.1, 0.15) is 33.6 Å². The van der Waals surface area contributed by atoms with Gasteiger partial charge in [0.1, 0.15) is 6.10 Å². The maximum absolute atomic E-state index is 12.5. The molecule has 3 aromatic carbocycles. The number of esters is 1. The molecule has 29 heavy (non-hydrogen) atoms. The first-order chi connectivity index (χ1) is 14.2. The van der Waals surface area contributed by atoms with Crippen molar-refractivity contribution in [2.45, 2.75) is 32.3 Å². The number of aryl methyl sites for hydroxylation is 2. The van der Waals surface area contributed by atoms with Gasteiger partial charge in [0.2, 0.25) is 0 Å². The second-order valence-corrected chi connectivity index (χ2v) is 7.81. The maximum atomic E-state index is 12.5. The van der Waals surface area contributed by atoms with Gasteiger partial charge in [-0.3, -0.25) is 0 Å². The lowest BCUT2D eigenvalue weighted by Gasteiger charge is -2.22. The van der Waals surface area contributed by atoms with E-state index in [2.05, 4.69) is 54.4 Å². The number of H-pyrrole nitrogens is 1. The summed E-state index contributed by atoms with van der Waals surface area (Å²) in [5.41, 5.74) is 8.03. The molecule has 0 fully saturated rings. The Morgan fingerprint density at radius 3 is 2.55 bits per heavy atom. The van der Waals surface area contributed by atoms with Crippen molar-refractivity contribution in [2.75, 3.05) is 0 Å². The Kier molecular flexibility index (Phi) is 4.44. The zero-order valence-corrected chi connectivity index (χ0v) is 16.4. The third-order valence-electron chi connectivity index (χ3n) is 5.82. The third kappa shape index (κ3) is 3.33. The van der Waals surface area contributed by atoms with Crippen LogP contribution in [0.25, 0.3) is 22.0 Å². The molecule has 3 nitrogen and oxygen atoms in total. The summed E-state index contributed by atoms with van der Waals surface area (Å²) in [4.78, 5) is 16.1. The summed E-state index contributed by atoms with van der Waals surface area (Å²) in [5.74, 6) is -0.237. The molecule has 1 N–H and O–H groups in total. The van der Waals surface area contributed by atoms with E-state index in [1.165, 1.54) is 38.9 Å². The number of rotatable bonds is 3. The fourth-order valence-electron chi connectivity index (χ4n) is 4.28. The molecule has 5 rings (SSSR count). The van der Waals surface area contributed by atoms with E-state index in [0.717, 1.165) is 19.3 Å². The monoisotopic (exact) mass is 381 g/mol. The average molecular weight is 381 g/mol. The molecule has 0 saturated carbocycles. The molecule has 4 aromatic rings. The van der Waals surface area contributed by atoms with E-state index in [1.807, 2.05) is 18.2 Å². The summed E-state index contributed by atoms with van der Waals surface area (Å²) in [7, 11) is 0. The Balaban J connectivity index is 1.45. The number of hydrogen-bond acceptors (Lipinski definition) is 2. The van der Waals surface area contributed by atoms with Crippen molar-refractivity contribution in [3.63, 3.8) is 0 Å². The van der Waals surface area contributed by atoms with Crippen LogP contribution in [0.5, 0.6) is 0 Å². The van der Waals surface area contributed by atoms with Gasteiger partial charge < -0.3 is 9.72 Å². The van der Waals surface area contributed by atoms with Gasteiger partial charge in [0.15, 0.2) is 0 Å². The topological polar surface area (TPSA) is 42.1 Å². The second kappa shape index (κ2) is 7.25. The second-order valence-electron chi connectivity index (χ2n) is 7.81. The number of fused-ring (bicyclic) bond motifs is 3. The number of benzene rings is 3. The number of carbonyl (C=O) groups excluding carboxylic acids is 1. The zero-order chi connectivity index (χ0) is 19.8. The minimum atomic E-state index is -0.237. The highest BCUT2D eigenvalue weighted by molar-refractivity contribution is 5.97. The number of carbonyl (C=O) groups is 1. The molecule has 0 saturated heterocycles. The molecule has 144 valence electrons. The van der Waals surface area contributed by atoms with E-state index in [9.17, 15) is 4.79 Å². The standard InChI is InChI=1S/C26H23NO2/c1-17-10-12-18(13-11-17)21-8-5-9-22-23-16-20(14-15-24(23)27-25(21)22)29-26(28)19-6-3-2-4-7-19/h2-13,20,27H,14-16H2,1H3. The van der Waals surface area contributed by atoms with E-state index in [1.54, 1.807) is 12.1 Å². The molecule has 1 unspecified atom stereocenters. The van der Waals surface area contributed by atoms with Crippen molar-refractivity contribution in [3.8, 4) is 11.1 Å². The Bertz CT molecular complexity index is 1170. The Hall–Kier alpha value is -3.33. The first-order valence-corrected chi connectivity index (χ1v) is 10.1. The Morgan fingerprint density at radius 1 is 0.966 bits per heavy atom. The smallest absolute Gasteiger partial charge is 0.338 e. The average Bonchev–Trinajstić information content (AvgIpc) is 3.13. The lowest BCUT2D eigenvalue weighted by atomic mass is 9.92. The summed E-state index contributed by atoms with van der Waals surface area (Å²) in [6.07, 6.45) is 2.41. The van der Waals surface area contributed by atoms with E-state index in [4.69, 9.17) is 4.74 Å². The molecular formula is C26H23NO2. The first-order valence-electron chi connectivity index (χ1n) is 10.1. The van der Waals surface area contributed by atoms with Crippen molar-refractivity contribution in [1.29, 1.82) is 0 Å². The Labute approximate surface area is 170 Å². The third-order valence-corrected chi connectivity index (χ3v) is 5.82. The largest absolute Gasteiger partial charge is 0.458 e. The molecule has 1 aliphatic rings. The molecule has 1 heterocycles. The lowest BCUT2D eigenvalue weighted by molar-refractivity contribution is 0.0271. The van der Waals surface area contributed by atoms with E-state index in [-0.39, 0.29) is 12.1 Å². The number of aromatic nitrogens is 1. The zero-order valence-electron chi connectivity index (χ0n) is 16.4. The summed E-state index contributed by atoms with van der Waals surface area (Å²) < 4.78 is 5.83. The minimum absolute atomic E-state index is 0.0859. The molecule has 1 aromatic heterocycles. The van der Waals surface area contributed by atoms with Crippen LogP contribution < -0.4 is 0 Å². The van der Waals surface area contributed by atoms with Crippen LogP contribution in [0.15, 0.2) is 72.8 Å². The first kappa shape index (κ1) is 17.7. The van der Waals surface area contributed by atoms with Crippen LogP contribution in [-0.4, -0.2) is 17.1 Å². The lowest BCUT2D eigenvalue weighted by Crippen LogP contribution is -2.25. The molecule has 1 atom stereocenters. The molecule has 0 bridgehead atoms. The van der Waals surface area contributed by atoms with Crippen molar-refractivity contribution in [1.82, 2.24) is 4.98 Å². The van der Waals surface area contributed by atoms with Gasteiger partial charge in [-0.15, -0.1) is 0 Å². The summed E-state index contributed by atoms with van der Waals surface area (Å²) >= 11 is 0. The normalized spacial score (nSPS) is 15.8. The fourth-order valence-corrected chi connectivity index (χ4v) is 4.28. The van der Waals surface area contributed by atoms with Gasteiger partial charge >= 0.3 is 5.97 Å². The highest BCUT2D eigenvalue weighted by atomic mass is 16.5. The molecule has 3 heteroatoms. The van der Waals surface area contributed by atoms with Gasteiger partial charge in [0.25, 0.3) is 0 Å². The number of ether oxygens (including phenoxy) is 1. The summed E-state index contributed by atoms with van der Waals surface area (Å²) in [5, 5.41) is 1.23. The van der Waals surface area contributed by atoms with Gasteiger partial charge in [-0.05, 0) is 43.0 Å². The molecular weight excluding hydrogens is 358 g/mol. The summed E-state index contributed by atoms with van der Waals surface area (Å²) in [6, 6.07) is 24.3. The highest BCUT2D eigenvalue weighted by Gasteiger charge is 2.26. The van der Waals surface area contributed by atoms with Crippen LogP contribution in [0, 0.1) is 6.92 Å². The van der Waals surface area contributed by atoms with Crippen LogP contribution in [-0.2, 0) is 17.6 Å². The number of hydrogen-bond donors (Lipinski definition) is 1. The molecule has 0 aliphatic heterocycles. The van der Waals surface area contributed by atoms with Gasteiger partial charge in [-0.1, -0.05) is 66.2 Å². The van der Waals surface area contributed by atoms with Gasteiger partial charge in [-0.2, -0.15) is 0 Å². The predicted octanol–water partition coefficient (Wildman–Crippen LogP) is 5.86. The maximum Gasteiger partial charge on any atom is 0.338 e. The molecule has 0 radical (unpaired) electrons. The minimum Gasteiger partial charge on any atom is -0.458 e. The van der Waals surface area contributed by atoms with Crippen LogP contribution in [0.4, 0.5) is 0 Å². The molecule has 0 spiro atoms. The quantitative estimate of drug-likeness (QED) is 0.452. The van der Waals surface area contributed by atoms with Crippen molar-refractivity contribution in [3.05, 3.63) is 95.2 Å². The number of nitrogens with one attached hydrogen (secondary N) is 1. The fraction of sp³-hybridized carbons (Fsp3) is 0.192. The van der Waals surface area contributed by atoms with Gasteiger partial charge in [0.05, 0.1) is 11.1 Å².